The second kappa shape index (κ2) is 10.8. The maximum absolute atomic E-state index is 11.7. The molecular weight excluding hydrogens is 485 g/mol. The molecule has 0 amide bonds. The van der Waals surface area contributed by atoms with Crippen LogP contribution in [0.4, 0.5) is 0 Å². The van der Waals surface area contributed by atoms with Crippen LogP contribution in [0.1, 0.15) is 30.4 Å². The predicted octanol–water partition coefficient (Wildman–Crippen LogP) is 3.18. The van der Waals surface area contributed by atoms with Gasteiger partial charge in [0, 0.05) is 18.5 Å². The maximum Gasteiger partial charge on any atom is 0.191 e. The Bertz CT molecular complexity index is 818. The van der Waals surface area contributed by atoms with Crippen molar-refractivity contribution >= 4 is 39.8 Å². The molecule has 1 atom stereocenters. The van der Waals surface area contributed by atoms with Gasteiger partial charge in [0.2, 0.25) is 0 Å². The molecule has 152 valence electrons. The van der Waals surface area contributed by atoms with E-state index < -0.39 is 9.84 Å². The van der Waals surface area contributed by atoms with Crippen molar-refractivity contribution < 1.29 is 8.42 Å². The highest BCUT2D eigenvalue weighted by atomic mass is 127. The average Bonchev–Trinajstić information content (AvgIpc) is 3.02. The van der Waals surface area contributed by atoms with Gasteiger partial charge in [-0.25, -0.2) is 8.42 Å². The summed E-state index contributed by atoms with van der Waals surface area (Å²) in [6.07, 6.45) is 0.632. The van der Waals surface area contributed by atoms with E-state index in [9.17, 15) is 8.42 Å². The lowest BCUT2D eigenvalue weighted by Crippen LogP contribution is -2.44. The van der Waals surface area contributed by atoms with Crippen LogP contribution in [0.3, 0.4) is 0 Å². The first-order chi connectivity index (χ1) is 13.1. The monoisotopic (exact) mass is 513 g/mol. The Morgan fingerprint density at radius 1 is 1.07 bits per heavy atom. The number of nitrogens with zero attached hydrogens (tertiary/aromatic N) is 1. The molecule has 0 saturated carbocycles. The summed E-state index contributed by atoms with van der Waals surface area (Å²) < 4.78 is 23.4. The second-order valence-corrected chi connectivity index (χ2v) is 9.07. The minimum absolute atomic E-state index is 0. The molecule has 0 aliphatic carbocycles. The van der Waals surface area contributed by atoms with Crippen LogP contribution in [0.15, 0.2) is 65.7 Å². The van der Waals surface area contributed by atoms with E-state index in [0.717, 1.165) is 6.54 Å². The Labute approximate surface area is 185 Å². The van der Waals surface area contributed by atoms with Crippen LogP contribution in [0.25, 0.3) is 0 Å². The van der Waals surface area contributed by atoms with E-state index in [1.54, 1.807) is 0 Å². The van der Waals surface area contributed by atoms with Gasteiger partial charge in [-0.1, -0.05) is 60.7 Å². The number of hydrogen-bond donors (Lipinski definition) is 2. The van der Waals surface area contributed by atoms with E-state index >= 15 is 0 Å². The molecule has 7 heteroatoms. The molecule has 28 heavy (non-hydrogen) atoms. The Kier molecular flexibility index (Phi) is 8.75. The third kappa shape index (κ3) is 6.48. The second-order valence-electron chi connectivity index (χ2n) is 6.84. The van der Waals surface area contributed by atoms with E-state index in [1.165, 1.54) is 11.1 Å². The van der Waals surface area contributed by atoms with E-state index in [1.807, 2.05) is 43.3 Å². The summed E-state index contributed by atoms with van der Waals surface area (Å²) in [5.41, 5.74) is 2.43. The van der Waals surface area contributed by atoms with Crippen LogP contribution >= 0.6 is 24.0 Å². The molecular formula is C21H28IN3O2S. The molecule has 0 aromatic heterocycles. The smallest absolute Gasteiger partial charge is 0.191 e. The molecule has 1 heterocycles. The minimum atomic E-state index is -2.92. The summed E-state index contributed by atoms with van der Waals surface area (Å²) in [7, 11) is -2.92. The number of aliphatic imine (C=N–C) groups is 1. The van der Waals surface area contributed by atoms with Crippen molar-refractivity contribution in [2.75, 3.05) is 24.6 Å². The minimum Gasteiger partial charge on any atom is -0.357 e. The molecule has 0 radical (unpaired) electrons. The first-order valence-corrected chi connectivity index (χ1v) is 11.2. The van der Waals surface area contributed by atoms with Gasteiger partial charge in [0.15, 0.2) is 15.8 Å². The Morgan fingerprint density at radius 2 is 1.64 bits per heavy atom. The molecule has 1 saturated heterocycles. The van der Waals surface area contributed by atoms with Crippen molar-refractivity contribution in [3.05, 3.63) is 71.8 Å². The lowest BCUT2D eigenvalue weighted by atomic mass is 9.91. The van der Waals surface area contributed by atoms with Gasteiger partial charge in [0.25, 0.3) is 0 Å². The van der Waals surface area contributed by atoms with Crippen LogP contribution in [0, 0.1) is 0 Å². The van der Waals surface area contributed by atoms with Gasteiger partial charge in [-0.3, -0.25) is 4.99 Å². The Hall–Kier alpha value is -1.61. The summed E-state index contributed by atoms with van der Waals surface area (Å²) in [6.45, 7) is 3.32. The lowest BCUT2D eigenvalue weighted by molar-refractivity contribution is 0.599. The van der Waals surface area contributed by atoms with Gasteiger partial charge in [-0.2, -0.15) is 0 Å². The number of guanidine groups is 1. The molecule has 0 spiro atoms. The van der Waals surface area contributed by atoms with E-state index in [0.29, 0.717) is 18.9 Å². The van der Waals surface area contributed by atoms with Crippen molar-refractivity contribution in [2.24, 2.45) is 4.99 Å². The fourth-order valence-corrected chi connectivity index (χ4v) is 5.05. The number of hydrogen-bond acceptors (Lipinski definition) is 3. The zero-order valence-corrected chi connectivity index (χ0v) is 19.2. The zero-order valence-electron chi connectivity index (χ0n) is 16.0. The van der Waals surface area contributed by atoms with E-state index in [4.69, 9.17) is 4.99 Å². The normalized spacial score (nSPS) is 18.5. The zero-order chi connectivity index (χ0) is 19.1. The van der Waals surface area contributed by atoms with Crippen molar-refractivity contribution in [3.63, 3.8) is 0 Å². The van der Waals surface area contributed by atoms with Crippen LogP contribution in [0.2, 0.25) is 0 Å². The van der Waals surface area contributed by atoms with Gasteiger partial charge in [0.1, 0.15) is 0 Å². The summed E-state index contributed by atoms with van der Waals surface area (Å²) in [5.74, 6) is 1.26. The topological polar surface area (TPSA) is 70.6 Å². The van der Waals surface area contributed by atoms with Crippen LogP contribution in [-0.2, 0) is 9.84 Å². The van der Waals surface area contributed by atoms with Gasteiger partial charge < -0.3 is 10.6 Å². The molecule has 1 unspecified atom stereocenters. The maximum atomic E-state index is 11.7. The Balaban J connectivity index is 0.00000280. The Morgan fingerprint density at radius 3 is 2.11 bits per heavy atom. The van der Waals surface area contributed by atoms with Gasteiger partial charge in [-0.15, -0.1) is 24.0 Å². The van der Waals surface area contributed by atoms with Crippen LogP contribution in [-0.4, -0.2) is 45.0 Å². The molecule has 2 aromatic rings. The average molecular weight is 513 g/mol. The summed E-state index contributed by atoms with van der Waals surface area (Å²) >= 11 is 0. The largest absolute Gasteiger partial charge is 0.357 e. The standard InChI is InChI=1S/C21H27N3O2S.HI/c1-2-22-21(24-19-13-14-27(25,26)16-19)23-15-20(17-9-5-3-6-10-17)18-11-7-4-8-12-18;/h3-12,19-20H,2,13-16H2,1H3,(H2,22,23,24);1H. The SMILES string of the molecule is CCNC(=NCC(c1ccccc1)c1ccccc1)NC1CCS(=O)(=O)C1.I. The van der Waals surface area contributed by atoms with Gasteiger partial charge in [0.05, 0.1) is 18.1 Å². The highest BCUT2D eigenvalue weighted by molar-refractivity contribution is 14.0. The first kappa shape index (κ1) is 22.7. The molecule has 1 aliphatic heterocycles. The number of halogens is 1. The van der Waals surface area contributed by atoms with Crippen LogP contribution < -0.4 is 10.6 Å². The number of benzene rings is 2. The van der Waals surface area contributed by atoms with Gasteiger partial charge in [-0.05, 0) is 24.5 Å². The molecule has 0 bridgehead atoms. The summed E-state index contributed by atoms with van der Waals surface area (Å²) in [6, 6.07) is 20.6. The van der Waals surface area contributed by atoms with Crippen molar-refractivity contribution in [3.8, 4) is 0 Å². The lowest BCUT2D eigenvalue weighted by Gasteiger charge is -2.19. The highest BCUT2D eigenvalue weighted by Gasteiger charge is 2.28. The molecule has 1 fully saturated rings. The third-order valence-electron chi connectivity index (χ3n) is 4.75. The number of nitrogens with one attached hydrogen (secondary N) is 2. The third-order valence-corrected chi connectivity index (χ3v) is 6.52. The molecule has 2 aromatic carbocycles. The summed E-state index contributed by atoms with van der Waals surface area (Å²) in [4.78, 5) is 4.78. The number of rotatable bonds is 6. The van der Waals surface area contributed by atoms with Crippen molar-refractivity contribution in [2.45, 2.75) is 25.3 Å². The van der Waals surface area contributed by atoms with E-state index in [2.05, 4.69) is 34.9 Å². The molecule has 2 N–H and O–H groups in total. The fraction of sp³-hybridized carbons (Fsp3) is 0.381. The molecule has 1 aliphatic rings. The molecule has 5 nitrogen and oxygen atoms in total. The first-order valence-electron chi connectivity index (χ1n) is 9.42. The van der Waals surface area contributed by atoms with Crippen molar-refractivity contribution in [1.82, 2.24) is 10.6 Å². The molecule has 3 rings (SSSR count). The summed E-state index contributed by atoms with van der Waals surface area (Å²) in [5, 5.41) is 6.53. The predicted molar refractivity (Wildman–Crippen MR) is 126 cm³/mol. The van der Waals surface area contributed by atoms with Crippen molar-refractivity contribution in [1.29, 1.82) is 0 Å². The fourth-order valence-electron chi connectivity index (χ4n) is 3.38. The van der Waals surface area contributed by atoms with Gasteiger partial charge >= 0.3 is 0 Å². The van der Waals surface area contributed by atoms with Crippen LogP contribution in [0.5, 0.6) is 0 Å². The highest BCUT2D eigenvalue weighted by Crippen LogP contribution is 2.24. The van der Waals surface area contributed by atoms with E-state index in [-0.39, 0.29) is 47.4 Å². The quantitative estimate of drug-likeness (QED) is 0.354. The number of sulfone groups is 1.